The molecule has 2 rings (SSSR count). The van der Waals surface area contributed by atoms with Gasteiger partial charge in [-0.25, -0.2) is 14.3 Å². The SMILES string of the molecule is CCCNCCNC(=O)Cn1c(=O)c2c(ncn2C)n(C)c1=O. The van der Waals surface area contributed by atoms with Gasteiger partial charge in [-0.05, 0) is 13.0 Å². The molecule has 1 amide bonds. The molecule has 0 aliphatic heterocycles. The van der Waals surface area contributed by atoms with Gasteiger partial charge in [0.15, 0.2) is 11.2 Å². The smallest absolute Gasteiger partial charge is 0.332 e. The normalized spacial score (nSPS) is 11.1. The van der Waals surface area contributed by atoms with Gasteiger partial charge < -0.3 is 15.2 Å². The van der Waals surface area contributed by atoms with E-state index in [1.165, 1.54) is 17.9 Å². The van der Waals surface area contributed by atoms with E-state index in [0.717, 1.165) is 17.5 Å². The molecule has 0 unspecified atom stereocenters. The van der Waals surface area contributed by atoms with Gasteiger partial charge in [-0.15, -0.1) is 0 Å². The largest absolute Gasteiger partial charge is 0.353 e. The average molecular weight is 322 g/mol. The lowest BCUT2D eigenvalue weighted by Gasteiger charge is -2.09. The van der Waals surface area contributed by atoms with Gasteiger partial charge in [0.25, 0.3) is 5.56 Å². The van der Waals surface area contributed by atoms with Gasteiger partial charge in [0.2, 0.25) is 5.91 Å². The van der Waals surface area contributed by atoms with Crippen molar-refractivity contribution in [2.75, 3.05) is 19.6 Å². The number of nitrogens with zero attached hydrogens (tertiary/aromatic N) is 4. The van der Waals surface area contributed by atoms with E-state index in [2.05, 4.69) is 22.5 Å². The number of hydrogen-bond acceptors (Lipinski definition) is 5. The fourth-order valence-corrected chi connectivity index (χ4v) is 2.33. The van der Waals surface area contributed by atoms with E-state index >= 15 is 0 Å². The Morgan fingerprint density at radius 2 is 1.96 bits per heavy atom. The van der Waals surface area contributed by atoms with Crippen molar-refractivity contribution in [3.05, 3.63) is 27.2 Å². The molecule has 0 spiro atoms. The molecule has 9 nitrogen and oxygen atoms in total. The van der Waals surface area contributed by atoms with E-state index in [1.54, 1.807) is 11.6 Å². The Bertz CT molecular complexity index is 816. The van der Waals surface area contributed by atoms with Crippen LogP contribution in [0.3, 0.4) is 0 Å². The van der Waals surface area contributed by atoms with Crippen molar-refractivity contribution in [2.24, 2.45) is 14.1 Å². The zero-order chi connectivity index (χ0) is 17.0. The van der Waals surface area contributed by atoms with E-state index in [9.17, 15) is 14.4 Å². The number of amides is 1. The standard InChI is InChI=1S/C14H22N6O3/c1-4-5-15-6-7-16-10(21)8-20-13(22)11-12(17-9-18(11)2)19(3)14(20)23/h9,15H,4-8H2,1-3H3,(H,16,21). The number of carbonyl (C=O) groups is 1. The van der Waals surface area contributed by atoms with Crippen LogP contribution in [0, 0.1) is 0 Å². The molecule has 0 saturated carbocycles. The van der Waals surface area contributed by atoms with Gasteiger partial charge in [0.05, 0.1) is 6.33 Å². The summed E-state index contributed by atoms with van der Waals surface area (Å²) >= 11 is 0. The molecule has 2 aromatic heterocycles. The van der Waals surface area contributed by atoms with Gasteiger partial charge in [0.1, 0.15) is 6.54 Å². The molecule has 2 aromatic rings. The van der Waals surface area contributed by atoms with Gasteiger partial charge >= 0.3 is 5.69 Å². The molecule has 126 valence electrons. The lowest BCUT2D eigenvalue weighted by molar-refractivity contribution is -0.121. The van der Waals surface area contributed by atoms with E-state index in [0.29, 0.717) is 24.3 Å². The van der Waals surface area contributed by atoms with Crippen LogP contribution in [-0.2, 0) is 25.4 Å². The summed E-state index contributed by atoms with van der Waals surface area (Å²) in [5.41, 5.74) is -0.463. The number of fused-ring (bicyclic) bond motifs is 1. The predicted octanol–water partition coefficient (Wildman–Crippen LogP) is -1.45. The maximum absolute atomic E-state index is 12.4. The fraction of sp³-hybridized carbons (Fsp3) is 0.571. The van der Waals surface area contributed by atoms with Crippen molar-refractivity contribution >= 4 is 17.1 Å². The van der Waals surface area contributed by atoms with Crippen LogP contribution in [0.1, 0.15) is 13.3 Å². The third kappa shape index (κ3) is 3.50. The zero-order valence-corrected chi connectivity index (χ0v) is 13.6. The molecule has 0 bridgehead atoms. The van der Waals surface area contributed by atoms with Gasteiger partial charge in [0, 0.05) is 27.2 Å². The van der Waals surface area contributed by atoms with E-state index in [-0.39, 0.29) is 12.5 Å². The molecule has 0 saturated heterocycles. The molecule has 2 heterocycles. The third-order valence-electron chi connectivity index (χ3n) is 3.55. The first-order valence-electron chi connectivity index (χ1n) is 7.55. The summed E-state index contributed by atoms with van der Waals surface area (Å²) in [5, 5.41) is 5.84. The predicted molar refractivity (Wildman–Crippen MR) is 86.4 cm³/mol. The van der Waals surface area contributed by atoms with Gasteiger partial charge in [-0.2, -0.15) is 0 Å². The molecule has 0 aliphatic carbocycles. The lowest BCUT2D eigenvalue weighted by atomic mass is 10.4. The molecule has 0 radical (unpaired) electrons. The van der Waals surface area contributed by atoms with Crippen LogP contribution >= 0.6 is 0 Å². The van der Waals surface area contributed by atoms with Crippen LogP contribution in [0.25, 0.3) is 11.2 Å². The first-order valence-corrected chi connectivity index (χ1v) is 7.55. The van der Waals surface area contributed by atoms with Crippen molar-refractivity contribution in [1.82, 2.24) is 29.3 Å². The summed E-state index contributed by atoms with van der Waals surface area (Å²) in [7, 11) is 3.20. The highest BCUT2D eigenvalue weighted by Crippen LogP contribution is 2.02. The second kappa shape index (κ2) is 7.23. The molecular formula is C14H22N6O3. The first kappa shape index (κ1) is 16.9. The van der Waals surface area contributed by atoms with Crippen molar-refractivity contribution in [3.63, 3.8) is 0 Å². The maximum Gasteiger partial charge on any atom is 0.332 e. The average Bonchev–Trinajstić information content (AvgIpc) is 2.91. The Morgan fingerprint density at radius 1 is 1.22 bits per heavy atom. The molecule has 0 fully saturated rings. The van der Waals surface area contributed by atoms with Crippen LogP contribution in [0.15, 0.2) is 15.9 Å². The summed E-state index contributed by atoms with van der Waals surface area (Å²) < 4.78 is 3.74. The quantitative estimate of drug-likeness (QED) is 0.607. The lowest BCUT2D eigenvalue weighted by Crippen LogP contribution is -2.44. The van der Waals surface area contributed by atoms with Crippen LogP contribution in [0.4, 0.5) is 0 Å². The highest BCUT2D eigenvalue weighted by Gasteiger charge is 2.16. The first-order chi connectivity index (χ1) is 11.0. The van der Waals surface area contributed by atoms with Gasteiger partial charge in [-0.1, -0.05) is 6.92 Å². The Balaban J connectivity index is 2.17. The summed E-state index contributed by atoms with van der Waals surface area (Å²) in [6.07, 6.45) is 2.49. The molecule has 2 N–H and O–H groups in total. The fourth-order valence-electron chi connectivity index (χ4n) is 2.33. The summed E-state index contributed by atoms with van der Waals surface area (Å²) in [6, 6.07) is 0. The van der Waals surface area contributed by atoms with Crippen molar-refractivity contribution < 1.29 is 4.79 Å². The zero-order valence-electron chi connectivity index (χ0n) is 13.6. The highest BCUT2D eigenvalue weighted by atomic mass is 16.2. The van der Waals surface area contributed by atoms with Crippen molar-refractivity contribution in [2.45, 2.75) is 19.9 Å². The van der Waals surface area contributed by atoms with Crippen molar-refractivity contribution in [1.29, 1.82) is 0 Å². The minimum Gasteiger partial charge on any atom is -0.353 e. The van der Waals surface area contributed by atoms with Gasteiger partial charge in [-0.3, -0.25) is 14.2 Å². The number of hydrogen-bond donors (Lipinski definition) is 2. The Morgan fingerprint density at radius 3 is 2.65 bits per heavy atom. The molecule has 0 aromatic carbocycles. The Labute approximate surface area is 132 Å². The minimum atomic E-state index is -0.555. The van der Waals surface area contributed by atoms with E-state index in [1.807, 2.05) is 0 Å². The third-order valence-corrected chi connectivity index (χ3v) is 3.55. The van der Waals surface area contributed by atoms with Crippen LogP contribution in [0.5, 0.6) is 0 Å². The number of aromatic nitrogens is 4. The van der Waals surface area contributed by atoms with Crippen LogP contribution in [0.2, 0.25) is 0 Å². The topological polar surface area (TPSA) is 103 Å². The summed E-state index contributed by atoms with van der Waals surface area (Å²) in [5.74, 6) is -0.371. The molecular weight excluding hydrogens is 300 g/mol. The summed E-state index contributed by atoms with van der Waals surface area (Å²) in [4.78, 5) is 40.7. The maximum atomic E-state index is 12.4. The molecule has 9 heteroatoms. The molecule has 23 heavy (non-hydrogen) atoms. The Kier molecular flexibility index (Phi) is 5.32. The number of aryl methyl sites for hydroxylation is 2. The number of imidazole rings is 1. The van der Waals surface area contributed by atoms with Crippen molar-refractivity contribution in [3.8, 4) is 0 Å². The number of carbonyl (C=O) groups excluding carboxylic acids is 1. The summed E-state index contributed by atoms with van der Waals surface area (Å²) in [6.45, 7) is 3.73. The minimum absolute atomic E-state index is 0.296. The monoisotopic (exact) mass is 322 g/mol. The second-order valence-electron chi connectivity index (χ2n) is 5.36. The molecule has 0 atom stereocenters. The van der Waals surface area contributed by atoms with E-state index < -0.39 is 11.2 Å². The van der Waals surface area contributed by atoms with Crippen LogP contribution in [-0.4, -0.2) is 44.2 Å². The molecule has 0 aliphatic rings. The highest BCUT2D eigenvalue weighted by molar-refractivity contribution is 5.76. The second-order valence-corrected chi connectivity index (χ2v) is 5.36. The Hall–Kier alpha value is -2.42. The van der Waals surface area contributed by atoms with E-state index in [4.69, 9.17) is 0 Å². The number of nitrogens with one attached hydrogen (secondary N) is 2. The number of rotatable bonds is 7. The van der Waals surface area contributed by atoms with Crippen LogP contribution < -0.4 is 21.9 Å².